The van der Waals surface area contributed by atoms with Crippen molar-refractivity contribution in [2.75, 3.05) is 50.0 Å². The smallest absolute Gasteiger partial charge is 0.185 e. The zero-order valence-corrected chi connectivity index (χ0v) is 16.6. The zero-order chi connectivity index (χ0) is 20.1. The molecule has 0 radical (unpaired) electrons. The third kappa shape index (κ3) is 4.64. The second kappa shape index (κ2) is 8.89. The summed E-state index contributed by atoms with van der Waals surface area (Å²) < 4.78 is 6.28. The van der Waals surface area contributed by atoms with Crippen molar-refractivity contribution in [3.63, 3.8) is 0 Å². The van der Waals surface area contributed by atoms with Gasteiger partial charge in [-0.1, -0.05) is 23.3 Å². The topological polar surface area (TPSA) is 86.1 Å². The van der Waals surface area contributed by atoms with Gasteiger partial charge in [0.15, 0.2) is 16.5 Å². The molecule has 3 heterocycles. The molecule has 0 saturated carbocycles. The number of hydrogen-bond donors (Lipinski definition) is 2. The van der Waals surface area contributed by atoms with E-state index in [4.69, 9.17) is 11.2 Å². The SMILES string of the molecule is C#Cc1cccc(Nc2cc3sc(NCCN4CCOCC4)nc3nc2C#N)c1. The monoisotopic (exact) mass is 404 g/mol. The number of hydrogen-bond acceptors (Lipinski definition) is 8. The van der Waals surface area contributed by atoms with Crippen LogP contribution in [0.3, 0.4) is 0 Å². The first kappa shape index (κ1) is 19.2. The predicted molar refractivity (Wildman–Crippen MR) is 116 cm³/mol. The van der Waals surface area contributed by atoms with E-state index in [2.05, 4.69) is 37.5 Å². The number of terminal acetylenes is 1. The van der Waals surface area contributed by atoms with Gasteiger partial charge in [0, 0.05) is 37.4 Å². The molecule has 0 bridgehead atoms. The van der Waals surface area contributed by atoms with E-state index in [0.717, 1.165) is 60.5 Å². The first-order chi connectivity index (χ1) is 14.2. The minimum absolute atomic E-state index is 0.300. The van der Waals surface area contributed by atoms with Crippen LogP contribution in [0.4, 0.5) is 16.5 Å². The number of aromatic nitrogens is 2. The first-order valence-electron chi connectivity index (χ1n) is 9.34. The molecule has 1 aromatic carbocycles. The summed E-state index contributed by atoms with van der Waals surface area (Å²) in [4.78, 5) is 11.3. The molecule has 0 unspecified atom stereocenters. The molecule has 7 nitrogen and oxygen atoms in total. The normalized spacial score (nSPS) is 14.3. The number of benzene rings is 1. The van der Waals surface area contributed by atoms with Crippen LogP contribution in [0.15, 0.2) is 30.3 Å². The van der Waals surface area contributed by atoms with E-state index in [1.54, 1.807) is 0 Å². The molecule has 1 aliphatic rings. The Bertz CT molecular complexity index is 1090. The molecule has 1 fully saturated rings. The maximum atomic E-state index is 9.51. The summed E-state index contributed by atoms with van der Waals surface area (Å²) in [6, 6.07) is 11.5. The fourth-order valence-electron chi connectivity index (χ4n) is 3.11. The highest BCUT2D eigenvalue weighted by Crippen LogP contribution is 2.30. The summed E-state index contributed by atoms with van der Waals surface area (Å²) in [5, 5.41) is 16.9. The lowest BCUT2D eigenvalue weighted by Crippen LogP contribution is -2.38. The van der Waals surface area contributed by atoms with E-state index in [1.807, 2.05) is 30.3 Å². The Morgan fingerprint density at radius 2 is 2.10 bits per heavy atom. The first-order valence-corrected chi connectivity index (χ1v) is 10.2. The number of fused-ring (bicyclic) bond motifs is 1. The summed E-state index contributed by atoms with van der Waals surface area (Å²) >= 11 is 1.53. The Morgan fingerprint density at radius 3 is 2.90 bits per heavy atom. The molecule has 8 heteroatoms. The van der Waals surface area contributed by atoms with Crippen molar-refractivity contribution < 1.29 is 4.74 Å². The summed E-state index contributed by atoms with van der Waals surface area (Å²) in [6.45, 7) is 5.25. The van der Waals surface area contributed by atoms with Crippen LogP contribution in [0.2, 0.25) is 0 Å². The number of rotatable bonds is 6. The highest BCUT2D eigenvalue weighted by molar-refractivity contribution is 7.22. The van der Waals surface area contributed by atoms with E-state index in [-0.39, 0.29) is 0 Å². The molecule has 29 heavy (non-hydrogen) atoms. The van der Waals surface area contributed by atoms with E-state index < -0.39 is 0 Å². The molecule has 4 rings (SSSR count). The van der Waals surface area contributed by atoms with Gasteiger partial charge in [-0.15, -0.1) is 6.42 Å². The van der Waals surface area contributed by atoms with Crippen LogP contribution in [0.25, 0.3) is 10.3 Å². The lowest BCUT2D eigenvalue weighted by Gasteiger charge is -2.26. The highest BCUT2D eigenvalue weighted by Gasteiger charge is 2.13. The molecule has 146 valence electrons. The van der Waals surface area contributed by atoms with Gasteiger partial charge in [-0.25, -0.2) is 9.97 Å². The largest absolute Gasteiger partial charge is 0.379 e. The molecule has 0 amide bonds. The number of thiazole rings is 1. The number of ether oxygens (including phenoxy) is 1. The van der Waals surface area contributed by atoms with Gasteiger partial charge in [0.05, 0.1) is 23.6 Å². The van der Waals surface area contributed by atoms with Crippen LogP contribution in [0.1, 0.15) is 11.3 Å². The molecule has 0 aliphatic carbocycles. The van der Waals surface area contributed by atoms with Crippen molar-refractivity contribution in [1.29, 1.82) is 5.26 Å². The maximum absolute atomic E-state index is 9.51. The van der Waals surface area contributed by atoms with Crippen molar-refractivity contribution in [2.45, 2.75) is 0 Å². The number of anilines is 3. The van der Waals surface area contributed by atoms with Gasteiger partial charge in [-0.3, -0.25) is 4.90 Å². The van der Waals surface area contributed by atoms with Crippen molar-refractivity contribution in [1.82, 2.24) is 14.9 Å². The standard InChI is InChI=1S/C21H20N6OS/c1-2-15-4-3-5-16(12-15)24-17-13-19-20(25-18(17)14-22)26-21(29-19)23-6-7-27-8-10-28-11-9-27/h1,3-5,12-13,24H,6-11H2,(H,23,25,26). The van der Waals surface area contributed by atoms with Crippen LogP contribution in [-0.2, 0) is 4.74 Å². The highest BCUT2D eigenvalue weighted by atomic mass is 32.1. The fraction of sp³-hybridized carbons (Fsp3) is 0.286. The van der Waals surface area contributed by atoms with Gasteiger partial charge in [0.25, 0.3) is 0 Å². The Balaban J connectivity index is 1.49. The van der Waals surface area contributed by atoms with Crippen molar-refractivity contribution in [3.05, 3.63) is 41.6 Å². The molecular formula is C21H20N6OS. The Kier molecular flexibility index (Phi) is 5.87. The zero-order valence-electron chi connectivity index (χ0n) is 15.8. The van der Waals surface area contributed by atoms with Crippen molar-refractivity contribution >= 4 is 38.2 Å². The Morgan fingerprint density at radius 1 is 1.24 bits per heavy atom. The number of nitrogens with one attached hydrogen (secondary N) is 2. The summed E-state index contributed by atoms with van der Waals surface area (Å²) in [5.41, 5.74) is 3.09. The molecule has 3 aromatic rings. The van der Waals surface area contributed by atoms with Gasteiger partial charge in [0.1, 0.15) is 6.07 Å². The van der Waals surface area contributed by atoms with Gasteiger partial charge in [-0.2, -0.15) is 5.26 Å². The van der Waals surface area contributed by atoms with Crippen LogP contribution >= 0.6 is 11.3 Å². The third-order valence-electron chi connectivity index (χ3n) is 4.60. The lowest BCUT2D eigenvalue weighted by atomic mass is 10.2. The molecular weight excluding hydrogens is 384 g/mol. The molecule has 2 N–H and O–H groups in total. The van der Waals surface area contributed by atoms with E-state index in [0.29, 0.717) is 17.0 Å². The second-order valence-electron chi connectivity index (χ2n) is 6.57. The quantitative estimate of drug-likeness (QED) is 0.611. The van der Waals surface area contributed by atoms with Gasteiger partial charge >= 0.3 is 0 Å². The molecule has 0 atom stereocenters. The predicted octanol–water partition coefficient (Wildman–Crippen LogP) is 3.03. The summed E-state index contributed by atoms with van der Waals surface area (Å²) in [7, 11) is 0. The Hall–Kier alpha value is -3.17. The molecule has 2 aromatic heterocycles. The molecule has 0 spiro atoms. The van der Waals surface area contributed by atoms with Crippen LogP contribution < -0.4 is 10.6 Å². The molecule has 1 aliphatic heterocycles. The average Bonchev–Trinajstić information content (AvgIpc) is 3.15. The number of nitriles is 1. The maximum Gasteiger partial charge on any atom is 0.185 e. The van der Waals surface area contributed by atoms with E-state index >= 15 is 0 Å². The fourth-order valence-corrected chi connectivity index (χ4v) is 3.98. The van der Waals surface area contributed by atoms with Gasteiger partial charge in [0.2, 0.25) is 0 Å². The number of pyridine rings is 1. The van der Waals surface area contributed by atoms with E-state index in [1.165, 1.54) is 11.3 Å². The number of morpholine rings is 1. The molecule has 1 saturated heterocycles. The average molecular weight is 404 g/mol. The van der Waals surface area contributed by atoms with Crippen LogP contribution in [0.5, 0.6) is 0 Å². The third-order valence-corrected chi connectivity index (χ3v) is 5.55. The van der Waals surface area contributed by atoms with Crippen LogP contribution in [-0.4, -0.2) is 54.3 Å². The minimum atomic E-state index is 0.300. The lowest BCUT2D eigenvalue weighted by molar-refractivity contribution is 0.0398. The Labute approximate surface area is 173 Å². The van der Waals surface area contributed by atoms with Crippen LogP contribution in [0, 0.1) is 23.7 Å². The van der Waals surface area contributed by atoms with Gasteiger partial charge in [-0.05, 0) is 24.3 Å². The minimum Gasteiger partial charge on any atom is -0.379 e. The summed E-state index contributed by atoms with van der Waals surface area (Å²) in [6.07, 6.45) is 5.47. The van der Waals surface area contributed by atoms with Crippen molar-refractivity contribution in [3.8, 4) is 18.4 Å². The summed E-state index contributed by atoms with van der Waals surface area (Å²) in [5.74, 6) is 2.61. The van der Waals surface area contributed by atoms with Gasteiger partial charge < -0.3 is 15.4 Å². The van der Waals surface area contributed by atoms with Crippen molar-refractivity contribution in [2.24, 2.45) is 0 Å². The second-order valence-corrected chi connectivity index (χ2v) is 7.60. The van der Waals surface area contributed by atoms with E-state index in [9.17, 15) is 5.26 Å². The number of nitrogens with zero attached hydrogens (tertiary/aromatic N) is 4.